The number of hydrogen-bond acceptors (Lipinski definition) is 3. The molecule has 0 aromatic rings. The Hall–Kier alpha value is -0.810. The minimum absolute atomic E-state index is 0.105. The number of amides is 2. The van der Waals surface area contributed by atoms with Crippen LogP contribution < -0.4 is 10.6 Å². The average molecular weight is 230 g/mol. The quantitative estimate of drug-likeness (QED) is 0.634. The maximum atomic E-state index is 11.0. The second kappa shape index (κ2) is 8.35. The third-order valence-electron chi connectivity index (χ3n) is 2.47. The largest absolute Gasteiger partial charge is 0.381 e. The molecule has 0 aromatic carbocycles. The van der Waals surface area contributed by atoms with Crippen LogP contribution in [0.3, 0.4) is 0 Å². The number of carbonyl (C=O) groups excluding carboxylic acids is 1. The summed E-state index contributed by atoms with van der Waals surface area (Å²) in [6.45, 7) is 6.39. The number of urea groups is 1. The van der Waals surface area contributed by atoms with E-state index in [0.29, 0.717) is 25.6 Å². The Bertz CT molecular complexity index is 194. The second-order valence-electron chi connectivity index (χ2n) is 3.94. The lowest BCUT2D eigenvalue weighted by atomic mass is 10.1. The molecule has 0 aliphatic carbocycles. The number of ether oxygens (including phenoxy) is 2. The van der Waals surface area contributed by atoms with Crippen LogP contribution in [0.4, 0.5) is 4.79 Å². The first-order valence-electron chi connectivity index (χ1n) is 6.00. The number of nitrogens with one attached hydrogen (secondary N) is 2. The highest BCUT2D eigenvalue weighted by molar-refractivity contribution is 5.73. The first kappa shape index (κ1) is 13.3. The molecule has 0 spiro atoms. The van der Waals surface area contributed by atoms with Crippen molar-refractivity contribution in [1.82, 2.24) is 10.6 Å². The summed E-state index contributed by atoms with van der Waals surface area (Å²) in [7, 11) is 0. The Kier molecular flexibility index (Phi) is 6.92. The fraction of sp³-hybridized carbons (Fsp3) is 0.909. The second-order valence-corrected chi connectivity index (χ2v) is 3.94. The molecule has 1 fully saturated rings. The zero-order valence-electron chi connectivity index (χ0n) is 9.96. The summed E-state index contributed by atoms with van der Waals surface area (Å²) in [5.41, 5.74) is 0. The van der Waals surface area contributed by atoms with Gasteiger partial charge in [0.05, 0.1) is 13.2 Å². The Morgan fingerprint density at radius 2 is 2.38 bits per heavy atom. The third-order valence-corrected chi connectivity index (χ3v) is 2.47. The van der Waals surface area contributed by atoms with E-state index in [4.69, 9.17) is 9.47 Å². The van der Waals surface area contributed by atoms with Crippen LogP contribution in [-0.2, 0) is 9.47 Å². The van der Waals surface area contributed by atoms with Crippen molar-refractivity contribution < 1.29 is 14.3 Å². The van der Waals surface area contributed by atoms with Crippen molar-refractivity contribution in [3.05, 3.63) is 0 Å². The first-order valence-corrected chi connectivity index (χ1v) is 6.00. The van der Waals surface area contributed by atoms with Gasteiger partial charge in [0.15, 0.2) is 0 Å². The molecule has 5 heteroatoms. The number of rotatable bonds is 7. The van der Waals surface area contributed by atoms with Crippen LogP contribution in [0.2, 0.25) is 0 Å². The van der Waals surface area contributed by atoms with Gasteiger partial charge in [0.25, 0.3) is 0 Å². The van der Waals surface area contributed by atoms with Gasteiger partial charge in [0, 0.05) is 32.2 Å². The van der Waals surface area contributed by atoms with Gasteiger partial charge in [-0.15, -0.1) is 0 Å². The van der Waals surface area contributed by atoms with Gasteiger partial charge < -0.3 is 20.1 Å². The van der Waals surface area contributed by atoms with Gasteiger partial charge in [-0.2, -0.15) is 0 Å². The van der Waals surface area contributed by atoms with E-state index < -0.39 is 0 Å². The SMILES string of the molecule is CCNC(=O)NCCCOCC1CCOC1. The highest BCUT2D eigenvalue weighted by Crippen LogP contribution is 2.12. The minimum Gasteiger partial charge on any atom is -0.381 e. The van der Waals surface area contributed by atoms with Gasteiger partial charge in [-0.05, 0) is 19.8 Å². The Morgan fingerprint density at radius 1 is 1.50 bits per heavy atom. The van der Waals surface area contributed by atoms with E-state index in [1.165, 1.54) is 0 Å². The molecule has 0 radical (unpaired) electrons. The molecule has 1 atom stereocenters. The summed E-state index contributed by atoms with van der Waals surface area (Å²) in [5.74, 6) is 0.566. The molecule has 1 rings (SSSR count). The van der Waals surface area contributed by atoms with Crippen LogP contribution in [0.25, 0.3) is 0 Å². The summed E-state index contributed by atoms with van der Waals surface area (Å²) in [6, 6.07) is -0.105. The molecule has 1 aliphatic rings. The molecule has 94 valence electrons. The lowest BCUT2D eigenvalue weighted by Crippen LogP contribution is -2.36. The van der Waals surface area contributed by atoms with Crippen LogP contribution in [0.1, 0.15) is 19.8 Å². The predicted octanol–water partition coefficient (Wildman–Crippen LogP) is 0.749. The lowest BCUT2D eigenvalue weighted by Gasteiger charge is -2.09. The molecule has 5 nitrogen and oxygen atoms in total. The van der Waals surface area contributed by atoms with Crippen LogP contribution in [-0.4, -0.2) is 45.5 Å². The molecule has 1 aliphatic heterocycles. The van der Waals surface area contributed by atoms with E-state index in [1.54, 1.807) is 0 Å². The molecule has 0 bridgehead atoms. The molecule has 16 heavy (non-hydrogen) atoms. The molecule has 1 unspecified atom stereocenters. The summed E-state index contributed by atoms with van der Waals surface area (Å²) in [6.07, 6.45) is 1.96. The van der Waals surface area contributed by atoms with Crippen molar-refractivity contribution in [1.29, 1.82) is 0 Å². The number of hydrogen-bond donors (Lipinski definition) is 2. The minimum atomic E-state index is -0.105. The first-order chi connectivity index (χ1) is 7.83. The Labute approximate surface area is 96.9 Å². The third kappa shape index (κ3) is 5.92. The van der Waals surface area contributed by atoms with Gasteiger partial charge in [-0.3, -0.25) is 0 Å². The van der Waals surface area contributed by atoms with Crippen LogP contribution in [0.15, 0.2) is 0 Å². The highest BCUT2D eigenvalue weighted by atomic mass is 16.5. The summed E-state index contributed by atoms with van der Waals surface area (Å²) >= 11 is 0. The monoisotopic (exact) mass is 230 g/mol. The maximum absolute atomic E-state index is 11.0. The van der Waals surface area contributed by atoms with Gasteiger partial charge in [-0.1, -0.05) is 0 Å². The molecule has 1 heterocycles. The molecule has 2 N–H and O–H groups in total. The van der Waals surface area contributed by atoms with Crippen molar-refractivity contribution >= 4 is 6.03 Å². The van der Waals surface area contributed by atoms with Crippen molar-refractivity contribution in [2.75, 3.05) is 39.5 Å². The molecular formula is C11H22N2O3. The summed E-state index contributed by atoms with van der Waals surface area (Å²) in [4.78, 5) is 11.0. The van der Waals surface area contributed by atoms with E-state index in [9.17, 15) is 4.79 Å². The van der Waals surface area contributed by atoms with Crippen molar-refractivity contribution in [2.24, 2.45) is 5.92 Å². The Morgan fingerprint density at radius 3 is 3.06 bits per heavy atom. The smallest absolute Gasteiger partial charge is 0.314 e. The zero-order valence-corrected chi connectivity index (χ0v) is 9.96. The van der Waals surface area contributed by atoms with Gasteiger partial charge >= 0.3 is 6.03 Å². The molecule has 2 amide bonds. The highest BCUT2D eigenvalue weighted by Gasteiger charge is 2.15. The molecule has 0 saturated carbocycles. The van der Waals surface area contributed by atoms with Crippen molar-refractivity contribution in [3.63, 3.8) is 0 Å². The standard InChI is InChI=1S/C11H22N2O3/c1-2-12-11(14)13-5-3-6-15-8-10-4-7-16-9-10/h10H,2-9H2,1H3,(H2,12,13,14). The van der Waals surface area contributed by atoms with E-state index >= 15 is 0 Å². The topological polar surface area (TPSA) is 59.6 Å². The molecular weight excluding hydrogens is 208 g/mol. The van der Waals surface area contributed by atoms with E-state index in [1.807, 2.05) is 6.92 Å². The van der Waals surface area contributed by atoms with Crippen LogP contribution in [0, 0.1) is 5.92 Å². The van der Waals surface area contributed by atoms with Gasteiger partial charge in [0.2, 0.25) is 0 Å². The van der Waals surface area contributed by atoms with Crippen LogP contribution in [0.5, 0.6) is 0 Å². The lowest BCUT2D eigenvalue weighted by molar-refractivity contribution is 0.0885. The molecule has 0 aromatic heterocycles. The van der Waals surface area contributed by atoms with Crippen molar-refractivity contribution in [3.8, 4) is 0 Å². The fourth-order valence-electron chi connectivity index (χ4n) is 1.56. The van der Waals surface area contributed by atoms with E-state index in [0.717, 1.165) is 32.7 Å². The fourth-order valence-corrected chi connectivity index (χ4v) is 1.56. The normalized spacial score (nSPS) is 19.7. The van der Waals surface area contributed by atoms with E-state index in [2.05, 4.69) is 10.6 Å². The predicted molar refractivity (Wildman–Crippen MR) is 61.4 cm³/mol. The van der Waals surface area contributed by atoms with Crippen molar-refractivity contribution in [2.45, 2.75) is 19.8 Å². The number of carbonyl (C=O) groups is 1. The average Bonchev–Trinajstić information content (AvgIpc) is 2.76. The Balaban J connectivity index is 1.82. The van der Waals surface area contributed by atoms with Gasteiger partial charge in [-0.25, -0.2) is 4.79 Å². The van der Waals surface area contributed by atoms with E-state index in [-0.39, 0.29) is 6.03 Å². The summed E-state index contributed by atoms with van der Waals surface area (Å²) in [5, 5.41) is 5.43. The van der Waals surface area contributed by atoms with Crippen LogP contribution >= 0.6 is 0 Å². The maximum Gasteiger partial charge on any atom is 0.314 e. The van der Waals surface area contributed by atoms with Gasteiger partial charge in [0.1, 0.15) is 0 Å². The molecule has 1 saturated heterocycles. The summed E-state index contributed by atoms with van der Waals surface area (Å²) < 4.78 is 10.8. The zero-order chi connectivity index (χ0) is 11.6.